The Kier molecular flexibility index (Phi) is 3.39. The molecule has 0 unspecified atom stereocenters. The highest BCUT2D eigenvalue weighted by Crippen LogP contribution is 2.69. The average Bonchev–Trinajstić information content (AvgIpc) is 3.03. The highest BCUT2D eigenvalue weighted by atomic mass is 19.1. The lowest BCUT2D eigenvalue weighted by Crippen LogP contribution is -2.39. The Morgan fingerprint density at radius 3 is 2.61 bits per heavy atom. The Balaban J connectivity index is 1.75. The first-order valence-corrected chi connectivity index (χ1v) is 9.24. The second-order valence-corrected chi connectivity index (χ2v) is 8.14. The van der Waals surface area contributed by atoms with Crippen LogP contribution < -0.4 is 5.69 Å². The van der Waals surface area contributed by atoms with Gasteiger partial charge in [0.2, 0.25) is 0 Å². The van der Waals surface area contributed by atoms with Crippen LogP contribution in [-0.4, -0.2) is 20.2 Å². The smallest absolute Gasteiger partial charge is 0.309 e. The van der Waals surface area contributed by atoms with E-state index in [4.69, 9.17) is 0 Å². The van der Waals surface area contributed by atoms with E-state index in [1.807, 2.05) is 6.07 Å². The van der Waals surface area contributed by atoms with E-state index >= 15 is 0 Å². The molecule has 5 rings (SSSR count). The van der Waals surface area contributed by atoms with E-state index in [1.54, 1.807) is 6.07 Å². The number of nitrogens with one attached hydrogen (secondary N) is 1. The fourth-order valence-electron chi connectivity index (χ4n) is 5.40. The van der Waals surface area contributed by atoms with Gasteiger partial charge in [-0.2, -0.15) is 5.10 Å². The molecule has 2 heterocycles. The first-order valence-electron chi connectivity index (χ1n) is 9.24. The van der Waals surface area contributed by atoms with Crippen molar-refractivity contribution in [1.29, 1.82) is 0 Å². The minimum Gasteiger partial charge on any atom is -0.309 e. The molecule has 1 fully saturated rings. The van der Waals surface area contributed by atoms with Gasteiger partial charge in [-0.25, -0.2) is 18.6 Å². The second kappa shape index (κ2) is 5.53. The van der Waals surface area contributed by atoms with Crippen molar-refractivity contribution >= 4 is 0 Å². The molecule has 2 aromatic heterocycles. The van der Waals surface area contributed by atoms with Crippen LogP contribution in [0.4, 0.5) is 8.78 Å². The molecule has 2 bridgehead atoms. The lowest BCUT2D eigenvalue weighted by molar-refractivity contribution is 0.242. The third kappa shape index (κ3) is 1.99. The van der Waals surface area contributed by atoms with Crippen molar-refractivity contribution in [2.24, 2.45) is 5.41 Å². The molecular formula is C21H18F2N4O. The highest BCUT2D eigenvalue weighted by Gasteiger charge is 2.64. The topological polar surface area (TPSA) is 71.5 Å². The van der Waals surface area contributed by atoms with Gasteiger partial charge in [-0.3, -0.25) is 0 Å². The van der Waals surface area contributed by atoms with Crippen LogP contribution in [0.25, 0.3) is 11.3 Å². The highest BCUT2D eigenvalue weighted by molar-refractivity contribution is 5.64. The van der Waals surface area contributed by atoms with Crippen LogP contribution in [0.3, 0.4) is 0 Å². The number of aromatic nitrogens is 4. The Labute approximate surface area is 159 Å². The summed E-state index contributed by atoms with van der Waals surface area (Å²) in [7, 11) is 0. The molecule has 2 aliphatic carbocycles. The van der Waals surface area contributed by atoms with Gasteiger partial charge in [0.05, 0.1) is 22.4 Å². The van der Waals surface area contributed by atoms with Gasteiger partial charge in [0.25, 0.3) is 0 Å². The van der Waals surface area contributed by atoms with Crippen LogP contribution in [0.2, 0.25) is 0 Å². The molecule has 7 heteroatoms. The maximum Gasteiger partial charge on any atom is 0.345 e. The number of fused-ring (bicyclic) bond motifs is 5. The third-order valence-corrected chi connectivity index (χ3v) is 6.74. The van der Waals surface area contributed by atoms with E-state index in [9.17, 15) is 13.6 Å². The van der Waals surface area contributed by atoms with Gasteiger partial charge >= 0.3 is 5.69 Å². The van der Waals surface area contributed by atoms with E-state index in [2.05, 4.69) is 34.0 Å². The van der Waals surface area contributed by atoms with Crippen molar-refractivity contribution in [2.75, 3.05) is 0 Å². The van der Waals surface area contributed by atoms with E-state index in [1.165, 1.54) is 24.4 Å². The summed E-state index contributed by atoms with van der Waals surface area (Å²) >= 11 is 0. The first kappa shape index (κ1) is 17.2. The van der Waals surface area contributed by atoms with Gasteiger partial charge in [0.1, 0.15) is 11.6 Å². The minimum atomic E-state index is -0.662. The molecule has 1 saturated carbocycles. The summed E-state index contributed by atoms with van der Waals surface area (Å²) in [6.45, 7) is 4.29. The van der Waals surface area contributed by atoms with Crippen LogP contribution in [0.5, 0.6) is 0 Å². The molecule has 0 aliphatic heterocycles. The number of rotatable bonds is 2. The van der Waals surface area contributed by atoms with Crippen molar-refractivity contribution in [1.82, 2.24) is 20.2 Å². The summed E-state index contributed by atoms with van der Waals surface area (Å²) in [6.07, 6.45) is 3.22. The SMILES string of the molecule is CC1(C)[C@H]2CC[C@]1(c1ccnc(=O)[nH]1)c1nnc(-c3c(F)cccc3F)cc12. The van der Waals surface area contributed by atoms with Gasteiger partial charge in [-0.15, -0.1) is 5.10 Å². The fourth-order valence-corrected chi connectivity index (χ4v) is 5.40. The maximum absolute atomic E-state index is 14.3. The standard InChI is InChI=1S/C21H18F2N4O/c1-20(2)12-6-8-21(20,16-7-9-24-19(28)25-16)18-11(12)10-15(26-27-18)17-13(22)4-3-5-14(17)23/h3-5,7,9-10,12H,6,8H2,1-2H3,(H,24,25,28)/t12-,21-/m0/s1. The summed E-state index contributed by atoms with van der Waals surface area (Å²) in [5.41, 5.74) is 1.36. The van der Waals surface area contributed by atoms with Crippen molar-refractivity contribution in [3.63, 3.8) is 0 Å². The first-order chi connectivity index (χ1) is 13.4. The summed E-state index contributed by atoms with van der Waals surface area (Å²) in [5.74, 6) is -1.17. The van der Waals surface area contributed by atoms with E-state index in [0.717, 1.165) is 29.8 Å². The zero-order valence-electron chi connectivity index (χ0n) is 15.5. The Bertz CT molecular complexity index is 1150. The average molecular weight is 380 g/mol. The zero-order chi connectivity index (χ0) is 19.7. The zero-order valence-corrected chi connectivity index (χ0v) is 15.5. The number of hydrogen-bond acceptors (Lipinski definition) is 4. The number of halogens is 2. The molecule has 0 amide bonds. The van der Waals surface area contributed by atoms with Crippen LogP contribution >= 0.6 is 0 Å². The summed E-state index contributed by atoms with van der Waals surface area (Å²) in [6, 6.07) is 7.33. The Morgan fingerprint density at radius 1 is 1.14 bits per heavy atom. The van der Waals surface area contributed by atoms with E-state index in [-0.39, 0.29) is 22.6 Å². The Morgan fingerprint density at radius 2 is 1.89 bits per heavy atom. The van der Waals surface area contributed by atoms with Crippen LogP contribution in [-0.2, 0) is 5.41 Å². The molecule has 2 aliphatic rings. The molecule has 0 spiro atoms. The predicted molar refractivity (Wildman–Crippen MR) is 98.8 cm³/mol. The monoisotopic (exact) mass is 380 g/mol. The maximum atomic E-state index is 14.3. The number of H-pyrrole nitrogens is 1. The van der Waals surface area contributed by atoms with Gasteiger partial charge < -0.3 is 4.98 Å². The molecule has 142 valence electrons. The summed E-state index contributed by atoms with van der Waals surface area (Å²) < 4.78 is 28.5. The number of hydrogen-bond donors (Lipinski definition) is 1. The molecule has 1 N–H and O–H groups in total. The van der Waals surface area contributed by atoms with Crippen LogP contribution in [0.15, 0.2) is 41.3 Å². The van der Waals surface area contributed by atoms with Gasteiger partial charge in [0, 0.05) is 11.9 Å². The Hall–Kier alpha value is -2.96. The van der Waals surface area contributed by atoms with Crippen LogP contribution in [0.1, 0.15) is 49.6 Å². The number of nitrogens with zero attached hydrogens (tertiary/aromatic N) is 3. The molecule has 0 saturated heterocycles. The fraction of sp³-hybridized carbons (Fsp3) is 0.333. The quantitative estimate of drug-likeness (QED) is 0.736. The minimum absolute atomic E-state index is 0.156. The molecule has 1 aromatic carbocycles. The molecule has 28 heavy (non-hydrogen) atoms. The summed E-state index contributed by atoms with van der Waals surface area (Å²) in [5, 5.41) is 8.63. The van der Waals surface area contributed by atoms with Crippen LogP contribution in [0, 0.1) is 17.0 Å². The molecule has 0 radical (unpaired) electrons. The number of benzene rings is 1. The molecule has 5 nitrogen and oxygen atoms in total. The lowest BCUT2D eigenvalue weighted by Gasteiger charge is -2.37. The van der Waals surface area contributed by atoms with E-state index in [0.29, 0.717) is 0 Å². The predicted octanol–water partition coefficient (Wildman–Crippen LogP) is 3.71. The molecule has 2 atom stereocenters. The van der Waals surface area contributed by atoms with Gasteiger partial charge in [-0.05, 0) is 54.0 Å². The largest absolute Gasteiger partial charge is 0.345 e. The van der Waals surface area contributed by atoms with E-state index < -0.39 is 22.7 Å². The molecule has 3 aromatic rings. The van der Waals surface area contributed by atoms with Gasteiger partial charge in [-0.1, -0.05) is 19.9 Å². The van der Waals surface area contributed by atoms with Gasteiger partial charge in [0.15, 0.2) is 0 Å². The summed E-state index contributed by atoms with van der Waals surface area (Å²) in [4.78, 5) is 18.5. The third-order valence-electron chi connectivity index (χ3n) is 6.74. The second-order valence-electron chi connectivity index (χ2n) is 8.14. The van der Waals surface area contributed by atoms with Crippen molar-refractivity contribution in [3.05, 3.63) is 75.6 Å². The normalized spacial score (nSPS) is 24.4. The van der Waals surface area contributed by atoms with Crippen molar-refractivity contribution < 1.29 is 8.78 Å². The molecular weight excluding hydrogens is 362 g/mol. The number of aromatic amines is 1. The van der Waals surface area contributed by atoms with Crippen molar-refractivity contribution in [2.45, 2.75) is 38.0 Å². The van der Waals surface area contributed by atoms with Crippen molar-refractivity contribution in [3.8, 4) is 11.3 Å². The lowest BCUT2D eigenvalue weighted by atomic mass is 9.66.